The maximum atomic E-state index is 10.3. The minimum absolute atomic E-state index is 0.350. The molecule has 94 valence electrons. The Hall–Kier alpha value is -0.770. The summed E-state index contributed by atoms with van der Waals surface area (Å²) < 4.78 is 4.17. The van der Waals surface area contributed by atoms with Crippen LogP contribution in [0.4, 0.5) is 4.79 Å². The van der Waals surface area contributed by atoms with E-state index < -0.39 is 11.4 Å². The van der Waals surface area contributed by atoms with E-state index in [2.05, 4.69) is 4.74 Å². The van der Waals surface area contributed by atoms with Crippen molar-refractivity contribution < 1.29 is 19.4 Å². The van der Waals surface area contributed by atoms with E-state index in [4.69, 9.17) is 16.7 Å². The van der Waals surface area contributed by atoms with Gasteiger partial charge in [-0.2, -0.15) is 0 Å². The van der Waals surface area contributed by atoms with Crippen LogP contribution in [0.1, 0.15) is 45.4 Å². The van der Waals surface area contributed by atoms with Crippen molar-refractivity contribution in [1.82, 2.24) is 0 Å². The van der Waals surface area contributed by atoms with Crippen LogP contribution < -0.4 is 0 Å². The van der Waals surface area contributed by atoms with Gasteiger partial charge >= 0.3 is 11.4 Å². The lowest BCUT2D eigenvalue weighted by Crippen LogP contribution is -2.10. The monoisotopic (exact) mass is 250 g/mol. The highest BCUT2D eigenvalue weighted by Crippen LogP contribution is 2.25. The second kappa shape index (κ2) is 9.46. The number of halogens is 1. The summed E-state index contributed by atoms with van der Waals surface area (Å²) in [5, 5.41) is 8.47. The molecule has 0 heterocycles. The van der Waals surface area contributed by atoms with E-state index >= 15 is 0 Å². The van der Waals surface area contributed by atoms with Crippen LogP contribution in [0.3, 0.4) is 0 Å². The van der Waals surface area contributed by atoms with E-state index in [9.17, 15) is 9.59 Å². The van der Waals surface area contributed by atoms with Crippen LogP contribution in [0.25, 0.3) is 0 Å². The SMILES string of the molecule is CCOC(=O)Cl.O=C(O)CC1CCCCC1. The Balaban J connectivity index is 0.000000325. The first-order valence-corrected chi connectivity index (χ1v) is 5.98. The van der Waals surface area contributed by atoms with Crippen molar-refractivity contribution in [2.45, 2.75) is 45.4 Å². The summed E-state index contributed by atoms with van der Waals surface area (Å²) in [5.74, 6) is -0.154. The van der Waals surface area contributed by atoms with Crippen LogP contribution in [-0.4, -0.2) is 23.1 Å². The van der Waals surface area contributed by atoms with Crippen LogP contribution in [0.15, 0.2) is 0 Å². The molecular formula is C11H19ClO4. The maximum absolute atomic E-state index is 10.3. The minimum Gasteiger partial charge on any atom is -0.481 e. The molecule has 0 aromatic heterocycles. The van der Waals surface area contributed by atoms with Crippen LogP contribution in [0, 0.1) is 5.92 Å². The standard InChI is InChI=1S/C8H14O2.C3H5ClO2/c9-8(10)6-7-4-2-1-3-5-7;1-2-6-3(4)5/h7H,1-6H2,(H,9,10);2H2,1H3. The Morgan fingerprint density at radius 3 is 2.19 bits per heavy atom. The minimum atomic E-state index is -0.738. The number of hydrogen-bond donors (Lipinski definition) is 1. The molecule has 0 aromatic carbocycles. The molecule has 0 unspecified atom stereocenters. The normalized spacial score (nSPS) is 15.9. The predicted molar refractivity (Wildman–Crippen MR) is 61.7 cm³/mol. The fraction of sp³-hybridized carbons (Fsp3) is 0.818. The predicted octanol–water partition coefficient (Wildman–Crippen LogP) is 3.42. The van der Waals surface area contributed by atoms with Crippen molar-refractivity contribution in [1.29, 1.82) is 0 Å². The Morgan fingerprint density at radius 1 is 1.31 bits per heavy atom. The molecule has 0 bridgehead atoms. The van der Waals surface area contributed by atoms with Gasteiger partial charge in [0.15, 0.2) is 0 Å². The van der Waals surface area contributed by atoms with Crippen LogP contribution >= 0.6 is 11.6 Å². The lowest BCUT2D eigenvalue weighted by Gasteiger charge is -2.18. The molecule has 0 aliphatic heterocycles. The molecule has 1 fully saturated rings. The molecule has 1 aliphatic carbocycles. The molecule has 1 saturated carbocycles. The summed E-state index contributed by atoms with van der Waals surface area (Å²) in [6.45, 7) is 2.04. The molecule has 16 heavy (non-hydrogen) atoms. The molecular weight excluding hydrogens is 232 g/mol. The summed E-state index contributed by atoms with van der Waals surface area (Å²) in [5.41, 5.74) is -0.738. The molecule has 4 nitrogen and oxygen atoms in total. The van der Waals surface area contributed by atoms with Gasteiger partial charge in [0.05, 0.1) is 6.61 Å². The molecule has 0 spiro atoms. The third kappa shape index (κ3) is 9.77. The van der Waals surface area contributed by atoms with Gasteiger partial charge in [0.1, 0.15) is 0 Å². The number of carboxylic acids is 1. The first-order valence-electron chi connectivity index (χ1n) is 5.60. The fourth-order valence-corrected chi connectivity index (χ4v) is 1.86. The number of carbonyl (C=O) groups is 2. The lowest BCUT2D eigenvalue weighted by atomic mass is 9.87. The van der Waals surface area contributed by atoms with Crippen molar-refractivity contribution in [2.24, 2.45) is 5.92 Å². The molecule has 5 heteroatoms. The number of carboxylic acid groups (broad SMARTS) is 1. The van der Waals surface area contributed by atoms with E-state index in [1.54, 1.807) is 6.92 Å². The summed E-state index contributed by atoms with van der Waals surface area (Å²) in [6.07, 6.45) is 6.42. The Bertz CT molecular complexity index is 212. The smallest absolute Gasteiger partial charge is 0.403 e. The first kappa shape index (κ1) is 15.2. The quantitative estimate of drug-likeness (QED) is 0.780. The average molecular weight is 251 g/mol. The summed E-state index contributed by atoms with van der Waals surface area (Å²) in [7, 11) is 0. The largest absolute Gasteiger partial charge is 0.481 e. The highest BCUT2D eigenvalue weighted by Gasteiger charge is 2.15. The summed E-state index contributed by atoms with van der Waals surface area (Å²) >= 11 is 4.72. The Morgan fingerprint density at radius 2 is 1.88 bits per heavy atom. The van der Waals surface area contributed by atoms with E-state index in [-0.39, 0.29) is 0 Å². The fourth-order valence-electron chi connectivity index (χ4n) is 1.75. The molecule has 1 N–H and O–H groups in total. The van der Waals surface area contributed by atoms with E-state index in [1.807, 2.05) is 0 Å². The summed E-state index contributed by atoms with van der Waals surface area (Å²) in [4.78, 5) is 19.9. The van der Waals surface area contributed by atoms with Crippen molar-refractivity contribution in [3.8, 4) is 0 Å². The molecule has 1 rings (SSSR count). The van der Waals surface area contributed by atoms with Crippen LogP contribution in [0.5, 0.6) is 0 Å². The van der Waals surface area contributed by atoms with E-state index in [0.29, 0.717) is 18.9 Å². The molecule has 0 amide bonds. The van der Waals surface area contributed by atoms with Crippen molar-refractivity contribution in [3.05, 3.63) is 0 Å². The van der Waals surface area contributed by atoms with Crippen molar-refractivity contribution in [3.63, 3.8) is 0 Å². The maximum Gasteiger partial charge on any atom is 0.403 e. The number of aliphatic carboxylic acids is 1. The van der Waals surface area contributed by atoms with Crippen LogP contribution in [0.2, 0.25) is 0 Å². The third-order valence-electron chi connectivity index (χ3n) is 2.45. The van der Waals surface area contributed by atoms with E-state index in [1.165, 1.54) is 19.3 Å². The number of ether oxygens (including phenoxy) is 1. The zero-order valence-corrected chi connectivity index (χ0v) is 10.3. The van der Waals surface area contributed by atoms with Gasteiger partial charge in [0.2, 0.25) is 0 Å². The van der Waals surface area contributed by atoms with Gasteiger partial charge in [-0.1, -0.05) is 19.3 Å². The average Bonchev–Trinajstić information content (AvgIpc) is 2.18. The van der Waals surface area contributed by atoms with Gasteiger partial charge in [0.25, 0.3) is 0 Å². The highest BCUT2D eigenvalue weighted by atomic mass is 35.5. The van der Waals surface area contributed by atoms with Crippen molar-refractivity contribution >= 4 is 23.0 Å². The van der Waals surface area contributed by atoms with E-state index in [0.717, 1.165) is 12.8 Å². The van der Waals surface area contributed by atoms with Crippen molar-refractivity contribution in [2.75, 3.05) is 6.61 Å². The zero-order valence-electron chi connectivity index (χ0n) is 9.58. The lowest BCUT2D eigenvalue weighted by molar-refractivity contribution is -0.138. The highest BCUT2D eigenvalue weighted by molar-refractivity contribution is 6.61. The molecule has 1 aliphatic rings. The number of hydrogen-bond acceptors (Lipinski definition) is 3. The van der Waals surface area contributed by atoms with Gasteiger partial charge in [-0.15, -0.1) is 0 Å². The topological polar surface area (TPSA) is 63.6 Å². The van der Waals surface area contributed by atoms with Gasteiger partial charge in [-0.3, -0.25) is 4.79 Å². The van der Waals surface area contributed by atoms with Gasteiger partial charge in [-0.25, -0.2) is 4.79 Å². The van der Waals surface area contributed by atoms with Gasteiger partial charge in [0, 0.05) is 18.0 Å². The number of rotatable bonds is 3. The molecule has 0 aromatic rings. The molecule has 0 radical (unpaired) electrons. The Kier molecular flexibility index (Phi) is 9.00. The first-order chi connectivity index (χ1) is 7.56. The van der Waals surface area contributed by atoms with Gasteiger partial charge in [-0.05, 0) is 25.7 Å². The van der Waals surface area contributed by atoms with Crippen LogP contribution in [-0.2, 0) is 9.53 Å². The number of carbonyl (C=O) groups excluding carboxylic acids is 1. The summed E-state index contributed by atoms with van der Waals surface area (Å²) in [6, 6.07) is 0. The Labute approximate surface area is 101 Å². The van der Waals surface area contributed by atoms with Gasteiger partial charge < -0.3 is 9.84 Å². The third-order valence-corrected chi connectivity index (χ3v) is 2.55. The zero-order chi connectivity index (χ0) is 12.4. The molecule has 0 saturated heterocycles. The second-order valence-corrected chi connectivity index (χ2v) is 4.08. The molecule has 0 atom stereocenters. The second-order valence-electron chi connectivity index (χ2n) is 3.77.